The van der Waals surface area contributed by atoms with Gasteiger partial charge in [0, 0.05) is 12.6 Å². The summed E-state index contributed by atoms with van der Waals surface area (Å²) in [5.41, 5.74) is 0.626. The first-order valence-corrected chi connectivity index (χ1v) is 4.56. The number of benzene rings is 1. The second kappa shape index (κ2) is 4.22. The van der Waals surface area contributed by atoms with E-state index < -0.39 is 0 Å². The van der Waals surface area contributed by atoms with E-state index in [4.69, 9.17) is 5.41 Å². The maximum Gasteiger partial charge on any atom is 0.128 e. The molecule has 3 heteroatoms. The van der Waals surface area contributed by atoms with Gasteiger partial charge >= 0.3 is 0 Å². The molecule has 0 fully saturated rings. The van der Waals surface area contributed by atoms with Crippen molar-refractivity contribution in [1.82, 2.24) is 4.90 Å². The maximum atomic E-state index is 13.4. The van der Waals surface area contributed by atoms with Crippen LogP contribution in [0.5, 0.6) is 0 Å². The van der Waals surface area contributed by atoms with Gasteiger partial charge in [0.1, 0.15) is 5.82 Å². The van der Waals surface area contributed by atoms with Crippen molar-refractivity contribution >= 4 is 5.84 Å². The SMILES string of the molecule is CC(=N)N(C)C(C)c1ccccc1F. The molecule has 0 radical (unpaired) electrons. The first-order chi connectivity index (χ1) is 6.54. The summed E-state index contributed by atoms with van der Waals surface area (Å²) < 4.78 is 13.4. The molecule has 0 saturated heterocycles. The number of nitrogens with zero attached hydrogens (tertiary/aromatic N) is 1. The fourth-order valence-corrected chi connectivity index (χ4v) is 1.31. The number of rotatable bonds is 2. The number of halogens is 1. The van der Waals surface area contributed by atoms with Crippen LogP contribution in [0.25, 0.3) is 0 Å². The summed E-state index contributed by atoms with van der Waals surface area (Å²) in [5, 5.41) is 7.45. The minimum atomic E-state index is -0.215. The van der Waals surface area contributed by atoms with E-state index in [9.17, 15) is 4.39 Å². The second-order valence-electron chi connectivity index (χ2n) is 3.39. The quantitative estimate of drug-likeness (QED) is 0.569. The molecular weight excluding hydrogens is 179 g/mol. The summed E-state index contributed by atoms with van der Waals surface area (Å²) in [6.45, 7) is 3.58. The highest BCUT2D eigenvalue weighted by Crippen LogP contribution is 2.21. The van der Waals surface area contributed by atoms with E-state index in [0.29, 0.717) is 11.4 Å². The summed E-state index contributed by atoms with van der Waals surface area (Å²) in [4.78, 5) is 1.73. The van der Waals surface area contributed by atoms with Gasteiger partial charge in [-0.15, -0.1) is 0 Å². The Balaban J connectivity index is 2.94. The topological polar surface area (TPSA) is 27.1 Å². The molecule has 1 atom stereocenters. The minimum Gasteiger partial charge on any atom is -0.357 e. The first-order valence-electron chi connectivity index (χ1n) is 4.56. The average Bonchev–Trinajstić information content (AvgIpc) is 2.16. The molecule has 0 bridgehead atoms. The van der Waals surface area contributed by atoms with Crippen molar-refractivity contribution in [3.8, 4) is 0 Å². The van der Waals surface area contributed by atoms with Crippen LogP contribution in [-0.2, 0) is 0 Å². The number of hydrogen-bond acceptors (Lipinski definition) is 1. The van der Waals surface area contributed by atoms with Crippen molar-refractivity contribution in [1.29, 1.82) is 5.41 Å². The van der Waals surface area contributed by atoms with Crippen LogP contribution in [0, 0.1) is 11.2 Å². The van der Waals surface area contributed by atoms with Gasteiger partial charge in [-0.05, 0) is 19.9 Å². The molecule has 1 N–H and O–H groups in total. The van der Waals surface area contributed by atoms with E-state index in [2.05, 4.69) is 0 Å². The Morgan fingerprint density at radius 1 is 1.43 bits per heavy atom. The second-order valence-corrected chi connectivity index (χ2v) is 3.39. The Kier molecular flexibility index (Phi) is 3.23. The largest absolute Gasteiger partial charge is 0.357 e. The first kappa shape index (κ1) is 10.7. The summed E-state index contributed by atoms with van der Waals surface area (Å²) in [6.07, 6.45) is 0. The Morgan fingerprint density at radius 3 is 2.50 bits per heavy atom. The van der Waals surface area contributed by atoms with Crippen molar-refractivity contribution in [3.05, 3.63) is 35.6 Å². The van der Waals surface area contributed by atoms with E-state index in [-0.39, 0.29) is 11.9 Å². The van der Waals surface area contributed by atoms with E-state index >= 15 is 0 Å². The van der Waals surface area contributed by atoms with Crippen LogP contribution in [0.1, 0.15) is 25.5 Å². The third-order valence-electron chi connectivity index (χ3n) is 2.47. The van der Waals surface area contributed by atoms with Gasteiger partial charge in [0.2, 0.25) is 0 Å². The molecule has 0 saturated carbocycles. The third-order valence-corrected chi connectivity index (χ3v) is 2.47. The van der Waals surface area contributed by atoms with Crippen LogP contribution in [-0.4, -0.2) is 17.8 Å². The zero-order valence-electron chi connectivity index (χ0n) is 8.71. The van der Waals surface area contributed by atoms with Crippen LogP contribution in [0.4, 0.5) is 4.39 Å². The lowest BCUT2D eigenvalue weighted by atomic mass is 10.1. The van der Waals surface area contributed by atoms with Crippen LogP contribution < -0.4 is 0 Å². The lowest BCUT2D eigenvalue weighted by Crippen LogP contribution is -2.27. The molecule has 0 spiro atoms. The third kappa shape index (κ3) is 2.10. The Morgan fingerprint density at radius 2 is 2.00 bits per heavy atom. The van der Waals surface area contributed by atoms with Gasteiger partial charge in [-0.25, -0.2) is 4.39 Å². The molecule has 0 heterocycles. The van der Waals surface area contributed by atoms with Gasteiger partial charge in [0.05, 0.1) is 11.9 Å². The fourth-order valence-electron chi connectivity index (χ4n) is 1.31. The molecule has 1 rings (SSSR count). The summed E-state index contributed by atoms with van der Waals surface area (Å²) in [6, 6.07) is 6.57. The van der Waals surface area contributed by atoms with Crippen LogP contribution in [0.15, 0.2) is 24.3 Å². The van der Waals surface area contributed by atoms with Crippen LogP contribution >= 0.6 is 0 Å². The van der Waals surface area contributed by atoms with Gasteiger partial charge in [0.15, 0.2) is 0 Å². The van der Waals surface area contributed by atoms with Gasteiger partial charge in [-0.3, -0.25) is 5.41 Å². The highest BCUT2D eigenvalue weighted by atomic mass is 19.1. The van der Waals surface area contributed by atoms with Crippen molar-refractivity contribution in [3.63, 3.8) is 0 Å². The van der Waals surface area contributed by atoms with Crippen molar-refractivity contribution < 1.29 is 4.39 Å². The average molecular weight is 194 g/mol. The fraction of sp³-hybridized carbons (Fsp3) is 0.364. The molecule has 0 aliphatic rings. The summed E-state index contributed by atoms with van der Waals surface area (Å²) in [7, 11) is 1.79. The molecule has 2 nitrogen and oxygen atoms in total. The predicted molar refractivity (Wildman–Crippen MR) is 56.0 cm³/mol. The molecule has 0 amide bonds. The molecule has 14 heavy (non-hydrogen) atoms. The molecule has 1 aromatic carbocycles. The highest BCUT2D eigenvalue weighted by Gasteiger charge is 2.14. The molecule has 0 aromatic heterocycles. The van der Waals surface area contributed by atoms with E-state index in [0.717, 1.165) is 0 Å². The lowest BCUT2D eigenvalue weighted by molar-refractivity contribution is 0.384. The molecular formula is C11H15FN2. The zero-order valence-corrected chi connectivity index (χ0v) is 8.71. The molecule has 0 aliphatic carbocycles. The monoisotopic (exact) mass is 194 g/mol. The molecule has 76 valence electrons. The smallest absolute Gasteiger partial charge is 0.128 e. The zero-order chi connectivity index (χ0) is 10.7. The van der Waals surface area contributed by atoms with E-state index in [1.54, 1.807) is 31.0 Å². The minimum absolute atomic E-state index is 0.103. The van der Waals surface area contributed by atoms with Crippen molar-refractivity contribution in [2.24, 2.45) is 0 Å². The van der Waals surface area contributed by atoms with E-state index in [1.807, 2.05) is 13.0 Å². The predicted octanol–water partition coefficient (Wildman–Crippen LogP) is 2.82. The summed E-state index contributed by atoms with van der Waals surface area (Å²) in [5.74, 6) is 0.217. The number of amidine groups is 1. The normalized spacial score (nSPS) is 12.3. The Hall–Kier alpha value is -1.38. The Bertz CT molecular complexity index is 336. The van der Waals surface area contributed by atoms with Gasteiger partial charge in [-0.1, -0.05) is 18.2 Å². The number of hydrogen-bond donors (Lipinski definition) is 1. The highest BCUT2D eigenvalue weighted by molar-refractivity contribution is 5.76. The van der Waals surface area contributed by atoms with Crippen LogP contribution in [0.3, 0.4) is 0 Å². The maximum absolute atomic E-state index is 13.4. The molecule has 1 aromatic rings. The van der Waals surface area contributed by atoms with Gasteiger partial charge < -0.3 is 4.90 Å². The van der Waals surface area contributed by atoms with Crippen molar-refractivity contribution in [2.45, 2.75) is 19.9 Å². The number of nitrogens with one attached hydrogen (secondary N) is 1. The standard InChI is InChI=1S/C11H15FN2/c1-8(14(3)9(2)13)10-6-4-5-7-11(10)12/h4-8,13H,1-3H3. The van der Waals surface area contributed by atoms with Gasteiger partial charge in [0.25, 0.3) is 0 Å². The Labute approximate surface area is 83.9 Å². The molecule has 1 unspecified atom stereocenters. The van der Waals surface area contributed by atoms with Crippen molar-refractivity contribution in [2.75, 3.05) is 7.05 Å². The van der Waals surface area contributed by atoms with Crippen LogP contribution in [0.2, 0.25) is 0 Å². The summed E-state index contributed by atoms with van der Waals surface area (Å²) >= 11 is 0. The lowest BCUT2D eigenvalue weighted by Gasteiger charge is -2.26. The molecule has 0 aliphatic heterocycles. The van der Waals surface area contributed by atoms with Gasteiger partial charge in [-0.2, -0.15) is 0 Å². The van der Waals surface area contributed by atoms with E-state index in [1.165, 1.54) is 6.07 Å².